The molecule has 42 heavy (non-hydrogen) atoms. The zero-order chi connectivity index (χ0) is 27.6. The summed E-state index contributed by atoms with van der Waals surface area (Å²) in [4.78, 5) is 15.2. The largest absolute Gasteiger partial charge is 0.208 e. The van der Waals surface area contributed by atoms with Crippen molar-refractivity contribution < 1.29 is 0 Å². The van der Waals surface area contributed by atoms with Crippen LogP contribution in [0.2, 0.25) is 0 Å². The summed E-state index contributed by atoms with van der Waals surface area (Å²) < 4.78 is 5.14. The molecule has 3 aromatic heterocycles. The molecule has 0 saturated carbocycles. The quantitative estimate of drug-likeness (QED) is 0.212. The van der Waals surface area contributed by atoms with Crippen LogP contribution in [0.4, 0.5) is 0 Å². The van der Waals surface area contributed by atoms with Crippen molar-refractivity contribution in [3.63, 3.8) is 0 Å². The number of benzene rings is 6. The highest BCUT2D eigenvalue weighted by Crippen LogP contribution is 2.48. The maximum absolute atomic E-state index is 5.12. The maximum atomic E-state index is 5.12. The van der Waals surface area contributed by atoms with Gasteiger partial charge in [0.25, 0.3) is 0 Å². The first-order valence-electron chi connectivity index (χ1n) is 13.9. The van der Waals surface area contributed by atoms with Gasteiger partial charge >= 0.3 is 0 Å². The van der Waals surface area contributed by atoms with E-state index in [1.165, 1.54) is 45.7 Å². The highest BCUT2D eigenvalue weighted by Gasteiger charge is 2.20. The van der Waals surface area contributed by atoms with E-state index in [1.807, 2.05) is 59.1 Å². The van der Waals surface area contributed by atoms with Gasteiger partial charge < -0.3 is 0 Å². The smallest absolute Gasteiger partial charge is 0.164 e. The van der Waals surface area contributed by atoms with Crippen LogP contribution in [0.1, 0.15) is 0 Å². The van der Waals surface area contributed by atoms with Crippen LogP contribution < -0.4 is 0 Å². The molecule has 5 heteroatoms. The molecule has 3 nitrogen and oxygen atoms in total. The second kappa shape index (κ2) is 9.28. The van der Waals surface area contributed by atoms with Crippen LogP contribution in [0.3, 0.4) is 0 Å². The van der Waals surface area contributed by atoms with E-state index in [1.54, 1.807) is 0 Å². The minimum absolute atomic E-state index is 0.673. The Balaban J connectivity index is 1.43. The molecular weight excluding hydrogens is 551 g/mol. The first-order chi connectivity index (χ1) is 20.8. The van der Waals surface area contributed by atoms with Gasteiger partial charge in [0.2, 0.25) is 0 Å². The Morgan fingerprint density at radius 3 is 1.62 bits per heavy atom. The van der Waals surface area contributed by atoms with Gasteiger partial charge in [-0.1, -0.05) is 109 Å². The molecule has 0 fully saturated rings. The van der Waals surface area contributed by atoms with Crippen molar-refractivity contribution in [3.05, 3.63) is 127 Å². The van der Waals surface area contributed by atoms with Crippen LogP contribution in [-0.4, -0.2) is 15.0 Å². The van der Waals surface area contributed by atoms with E-state index >= 15 is 0 Å². The SMILES string of the molecule is c1ccc(-c2nc(-c3ccccc3)nc(-c3cc4sc5ccccc5c4c4c3ccc3c5ccccc5sc34)n2)cc1. The number of rotatable bonds is 3. The Morgan fingerprint density at radius 2 is 0.929 bits per heavy atom. The zero-order valence-electron chi connectivity index (χ0n) is 22.3. The van der Waals surface area contributed by atoms with Gasteiger partial charge in [0, 0.05) is 62.4 Å². The molecule has 6 aromatic carbocycles. The lowest BCUT2D eigenvalue weighted by molar-refractivity contribution is 1.08. The van der Waals surface area contributed by atoms with Crippen molar-refractivity contribution in [2.24, 2.45) is 0 Å². The standard InChI is InChI=1S/C37H21N3S2/c1-3-11-22(12-4-1)35-38-36(23-13-5-2-6-14-23)40-37(39-35)28-21-31-32(27-16-8-10-18-30(27)41-31)33-25(28)19-20-26-24-15-7-9-17-29(24)42-34(26)33/h1-21H. The Hall–Kier alpha value is -4.97. The van der Waals surface area contributed by atoms with E-state index in [0.29, 0.717) is 17.5 Å². The summed E-state index contributed by atoms with van der Waals surface area (Å²) in [7, 11) is 0. The lowest BCUT2D eigenvalue weighted by atomic mass is 9.97. The first-order valence-corrected chi connectivity index (χ1v) is 15.5. The van der Waals surface area contributed by atoms with E-state index in [2.05, 4.69) is 91.0 Å². The Morgan fingerprint density at radius 1 is 0.381 bits per heavy atom. The van der Waals surface area contributed by atoms with Crippen LogP contribution in [0.15, 0.2) is 127 Å². The molecule has 0 amide bonds. The summed E-state index contributed by atoms with van der Waals surface area (Å²) in [5, 5.41) is 7.64. The molecule has 0 unspecified atom stereocenters. The average Bonchev–Trinajstić information content (AvgIpc) is 3.63. The van der Waals surface area contributed by atoms with Gasteiger partial charge in [-0.05, 0) is 23.6 Å². The van der Waals surface area contributed by atoms with Crippen molar-refractivity contribution in [2.75, 3.05) is 0 Å². The zero-order valence-corrected chi connectivity index (χ0v) is 23.9. The molecule has 0 saturated heterocycles. The number of thiophene rings is 2. The molecule has 0 aliphatic carbocycles. The van der Waals surface area contributed by atoms with Crippen molar-refractivity contribution in [1.29, 1.82) is 0 Å². The highest BCUT2D eigenvalue weighted by molar-refractivity contribution is 7.28. The fourth-order valence-corrected chi connectivity index (χ4v) is 8.42. The van der Waals surface area contributed by atoms with Gasteiger partial charge in [-0.25, -0.2) is 15.0 Å². The van der Waals surface area contributed by atoms with Gasteiger partial charge in [0.05, 0.1) is 0 Å². The fraction of sp³-hybridized carbons (Fsp3) is 0. The fourth-order valence-electron chi connectivity index (χ4n) is 6.01. The van der Waals surface area contributed by atoms with Crippen molar-refractivity contribution in [2.45, 2.75) is 0 Å². The van der Waals surface area contributed by atoms with Crippen LogP contribution >= 0.6 is 22.7 Å². The molecule has 0 aliphatic heterocycles. The predicted octanol–water partition coefficient (Wildman–Crippen LogP) is 10.8. The van der Waals surface area contributed by atoms with Crippen LogP contribution in [0.5, 0.6) is 0 Å². The summed E-state index contributed by atoms with van der Waals surface area (Å²) in [5.41, 5.74) is 2.97. The molecule has 0 spiro atoms. The summed E-state index contributed by atoms with van der Waals surface area (Å²) in [6, 6.07) is 44.7. The molecule has 0 radical (unpaired) electrons. The second-order valence-electron chi connectivity index (χ2n) is 10.4. The summed E-state index contributed by atoms with van der Waals surface area (Å²) >= 11 is 3.71. The number of hydrogen-bond donors (Lipinski definition) is 0. The van der Waals surface area contributed by atoms with Crippen molar-refractivity contribution >= 4 is 73.8 Å². The topological polar surface area (TPSA) is 38.7 Å². The molecule has 0 bridgehead atoms. The van der Waals surface area contributed by atoms with Gasteiger partial charge in [-0.15, -0.1) is 22.7 Å². The predicted molar refractivity (Wildman–Crippen MR) is 179 cm³/mol. The molecule has 196 valence electrons. The average molecular weight is 572 g/mol. The monoisotopic (exact) mass is 571 g/mol. The van der Waals surface area contributed by atoms with Gasteiger partial charge in [-0.2, -0.15) is 0 Å². The third kappa shape index (κ3) is 3.61. The molecule has 9 rings (SSSR count). The van der Waals surface area contributed by atoms with Crippen LogP contribution in [0.25, 0.3) is 85.3 Å². The molecule has 0 N–H and O–H groups in total. The Kier molecular flexibility index (Phi) is 5.24. The first kappa shape index (κ1) is 23.7. The van der Waals surface area contributed by atoms with Gasteiger partial charge in [-0.3, -0.25) is 0 Å². The van der Waals surface area contributed by atoms with E-state index in [0.717, 1.165) is 22.1 Å². The van der Waals surface area contributed by atoms with Crippen molar-refractivity contribution in [3.8, 4) is 34.2 Å². The van der Waals surface area contributed by atoms with Gasteiger partial charge in [0.15, 0.2) is 17.5 Å². The van der Waals surface area contributed by atoms with E-state index < -0.39 is 0 Å². The van der Waals surface area contributed by atoms with Crippen molar-refractivity contribution in [1.82, 2.24) is 15.0 Å². The number of nitrogens with zero attached hydrogens (tertiary/aromatic N) is 3. The minimum Gasteiger partial charge on any atom is -0.208 e. The molecule has 0 atom stereocenters. The third-order valence-electron chi connectivity index (χ3n) is 7.93. The Bertz CT molecular complexity index is 2400. The molecule has 0 aliphatic rings. The van der Waals surface area contributed by atoms with E-state index in [9.17, 15) is 0 Å². The summed E-state index contributed by atoms with van der Waals surface area (Å²) in [6.45, 7) is 0. The molecule has 9 aromatic rings. The molecule has 3 heterocycles. The highest BCUT2D eigenvalue weighted by atomic mass is 32.1. The van der Waals surface area contributed by atoms with E-state index in [-0.39, 0.29) is 0 Å². The number of fused-ring (bicyclic) bond motifs is 9. The second-order valence-corrected chi connectivity index (χ2v) is 12.5. The summed E-state index contributed by atoms with van der Waals surface area (Å²) in [6.07, 6.45) is 0. The lowest BCUT2D eigenvalue weighted by Gasteiger charge is -2.12. The lowest BCUT2D eigenvalue weighted by Crippen LogP contribution is -2.00. The summed E-state index contributed by atoms with van der Waals surface area (Å²) in [5.74, 6) is 2.03. The molecular formula is C37H21N3S2. The normalized spacial score (nSPS) is 11.8. The minimum atomic E-state index is 0.673. The number of hydrogen-bond acceptors (Lipinski definition) is 5. The van der Waals surface area contributed by atoms with Crippen LogP contribution in [0, 0.1) is 0 Å². The van der Waals surface area contributed by atoms with Crippen LogP contribution in [-0.2, 0) is 0 Å². The Labute approximate surface area is 249 Å². The van der Waals surface area contributed by atoms with Gasteiger partial charge in [0.1, 0.15) is 0 Å². The van der Waals surface area contributed by atoms with E-state index in [4.69, 9.17) is 15.0 Å². The maximum Gasteiger partial charge on any atom is 0.164 e. The number of aromatic nitrogens is 3. The third-order valence-corrected chi connectivity index (χ3v) is 10.2.